The molecule has 1 aromatic rings. The summed E-state index contributed by atoms with van der Waals surface area (Å²) in [7, 11) is 0. The quantitative estimate of drug-likeness (QED) is 0.401. The summed E-state index contributed by atoms with van der Waals surface area (Å²) in [5.41, 5.74) is 0. The van der Waals surface area contributed by atoms with Gasteiger partial charge in [0.1, 0.15) is 5.76 Å². The molecule has 0 aliphatic rings. The van der Waals surface area contributed by atoms with E-state index in [1.54, 1.807) is 6.26 Å². The van der Waals surface area contributed by atoms with Crippen molar-refractivity contribution in [3.8, 4) is 0 Å². The molecule has 2 atom stereocenters. The van der Waals surface area contributed by atoms with E-state index in [1.165, 1.54) is 0 Å². The molecule has 3 nitrogen and oxygen atoms in total. The zero-order chi connectivity index (χ0) is 10.6. The molecule has 0 saturated carbocycles. The van der Waals surface area contributed by atoms with Crippen LogP contribution >= 0.6 is 0 Å². The minimum absolute atomic E-state index is 0. The van der Waals surface area contributed by atoms with Gasteiger partial charge in [0.2, 0.25) is 0 Å². The van der Waals surface area contributed by atoms with Gasteiger partial charge in [0.25, 0.3) is 0 Å². The van der Waals surface area contributed by atoms with Gasteiger partial charge in [-0.2, -0.15) is 25.7 Å². The molecular weight excluding hydrogens is 323 g/mol. The molecule has 1 aromatic heterocycles. The fourth-order valence-corrected chi connectivity index (χ4v) is 1.89. The van der Waals surface area contributed by atoms with Crippen molar-refractivity contribution in [3.63, 3.8) is 0 Å². The van der Waals surface area contributed by atoms with Crippen molar-refractivity contribution in [3.05, 3.63) is 37.0 Å². The maximum atomic E-state index is 5.50. The van der Waals surface area contributed by atoms with Gasteiger partial charge >= 0.3 is 21.7 Å². The van der Waals surface area contributed by atoms with Crippen LogP contribution in [0, 0.1) is 24.7 Å². The zero-order valence-electron chi connectivity index (χ0n) is 11.8. The standard InChI is InChI=1S/C13H20O.2ClH.2H2O.Ti/c1-5-10(3)13(11(4)6-2)12-8-7-9-14-12;;;;;/h5-11,13H,1-4H3;2*1H;2*1H2;/q-2;;;;;+4/p-2. The summed E-state index contributed by atoms with van der Waals surface area (Å²) in [6.07, 6.45) is 6.24. The molecule has 0 aliphatic heterocycles. The molecule has 112 valence electrons. The van der Waals surface area contributed by atoms with Crippen LogP contribution in [0.15, 0.2) is 22.8 Å². The van der Waals surface area contributed by atoms with Gasteiger partial charge in [0, 0.05) is 0 Å². The van der Waals surface area contributed by atoms with Crippen molar-refractivity contribution < 1.29 is 61.9 Å². The molecule has 2 unspecified atom stereocenters. The molecule has 0 bridgehead atoms. The second kappa shape index (κ2) is 16.5. The van der Waals surface area contributed by atoms with Gasteiger partial charge < -0.3 is 53.0 Å². The molecule has 0 amide bonds. The fraction of sp³-hybridized carbons (Fsp3) is 0.538. The molecule has 1 rings (SSSR count). The van der Waals surface area contributed by atoms with Gasteiger partial charge in [-0.3, -0.25) is 0 Å². The Labute approximate surface area is 144 Å². The van der Waals surface area contributed by atoms with E-state index in [9.17, 15) is 0 Å². The van der Waals surface area contributed by atoms with Crippen molar-refractivity contribution >= 4 is 0 Å². The third-order valence-corrected chi connectivity index (χ3v) is 3.06. The van der Waals surface area contributed by atoms with Gasteiger partial charge in [-0.15, -0.1) is 0 Å². The van der Waals surface area contributed by atoms with Crippen molar-refractivity contribution in [2.75, 3.05) is 0 Å². The SMILES string of the molecule is C[CH-]C(C)C(c1ccco1)C(C)[CH-]C.O.O.[Cl-].[Cl-].[Ti+4]. The summed E-state index contributed by atoms with van der Waals surface area (Å²) in [4.78, 5) is 0. The molecule has 6 heteroatoms. The van der Waals surface area contributed by atoms with E-state index in [0.717, 1.165) is 5.76 Å². The number of hydrogen-bond donors (Lipinski definition) is 0. The Bertz CT molecular complexity index is 248. The van der Waals surface area contributed by atoms with Gasteiger partial charge in [-0.1, -0.05) is 13.8 Å². The first-order chi connectivity index (χ1) is 6.70. The Morgan fingerprint density at radius 2 is 1.42 bits per heavy atom. The molecule has 19 heavy (non-hydrogen) atoms. The van der Waals surface area contributed by atoms with Gasteiger partial charge in [0.05, 0.1) is 6.26 Å². The van der Waals surface area contributed by atoms with E-state index in [2.05, 4.69) is 46.6 Å². The van der Waals surface area contributed by atoms with E-state index in [0.29, 0.717) is 17.8 Å². The zero-order valence-corrected chi connectivity index (χ0v) is 14.9. The Balaban J connectivity index is -0.000000131. The van der Waals surface area contributed by atoms with Crippen LogP contribution in [-0.2, 0) is 21.7 Å². The predicted molar refractivity (Wildman–Crippen MR) is 67.0 cm³/mol. The Morgan fingerprint density at radius 3 is 1.68 bits per heavy atom. The summed E-state index contributed by atoms with van der Waals surface area (Å²) < 4.78 is 5.50. The van der Waals surface area contributed by atoms with Crippen molar-refractivity contribution in [1.29, 1.82) is 0 Å². The summed E-state index contributed by atoms with van der Waals surface area (Å²) in [5, 5.41) is 0. The third kappa shape index (κ3) is 9.12. The molecule has 0 fully saturated rings. The molecule has 1 heterocycles. The van der Waals surface area contributed by atoms with Crippen LogP contribution in [0.3, 0.4) is 0 Å². The molecule has 0 aromatic carbocycles. The number of rotatable bonds is 5. The normalized spacial score (nSPS) is 13.1. The van der Waals surface area contributed by atoms with Crippen molar-refractivity contribution in [1.82, 2.24) is 0 Å². The van der Waals surface area contributed by atoms with Crippen LogP contribution < -0.4 is 24.8 Å². The topological polar surface area (TPSA) is 76.1 Å². The largest absolute Gasteiger partial charge is 4.00 e. The van der Waals surface area contributed by atoms with Crippen LogP contribution in [-0.4, -0.2) is 11.0 Å². The van der Waals surface area contributed by atoms with Crippen LogP contribution in [0.4, 0.5) is 0 Å². The average molecular weight is 347 g/mol. The van der Waals surface area contributed by atoms with E-state index in [-0.39, 0.29) is 57.5 Å². The molecule has 0 spiro atoms. The van der Waals surface area contributed by atoms with Gasteiger partial charge in [-0.25, -0.2) is 0 Å². The summed E-state index contributed by atoms with van der Waals surface area (Å²) in [6, 6.07) is 4.04. The van der Waals surface area contributed by atoms with Gasteiger partial charge in [-0.05, 0) is 18.1 Å². The fourth-order valence-electron chi connectivity index (χ4n) is 1.89. The molecule has 0 radical (unpaired) electrons. The van der Waals surface area contributed by atoms with Crippen LogP contribution in [0.25, 0.3) is 0 Å². The Hall–Kier alpha value is 0.494. The first-order valence-corrected chi connectivity index (χ1v) is 5.33. The maximum Gasteiger partial charge on any atom is 4.00 e. The molecular formula is C13H24Cl2O3Ti. The monoisotopic (exact) mass is 346 g/mol. The first-order valence-electron chi connectivity index (χ1n) is 5.33. The number of halogens is 2. The second-order valence-corrected chi connectivity index (χ2v) is 3.93. The van der Waals surface area contributed by atoms with Crippen LogP contribution in [0.2, 0.25) is 0 Å². The predicted octanol–water partition coefficient (Wildman–Crippen LogP) is -3.56. The van der Waals surface area contributed by atoms with Crippen LogP contribution in [0.1, 0.15) is 39.4 Å². The average Bonchev–Trinajstić information content (AvgIpc) is 2.70. The molecule has 0 saturated heterocycles. The third-order valence-electron chi connectivity index (χ3n) is 3.06. The molecule has 0 aliphatic carbocycles. The van der Waals surface area contributed by atoms with Gasteiger partial charge in [0.15, 0.2) is 0 Å². The van der Waals surface area contributed by atoms with E-state index < -0.39 is 0 Å². The maximum absolute atomic E-state index is 5.50. The van der Waals surface area contributed by atoms with Crippen LogP contribution in [0.5, 0.6) is 0 Å². The minimum atomic E-state index is 0. The van der Waals surface area contributed by atoms with Crippen molar-refractivity contribution in [2.24, 2.45) is 11.8 Å². The summed E-state index contributed by atoms with van der Waals surface area (Å²) in [5.74, 6) is 2.67. The van der Waals surface area contributed by atoms with E-state index >= 15 is 0 Å². The Morgan fingerprint density at radius 1 is 1.00 bits per heavy atom. The van der Waals surface area contributed by atoms with E-state index in [4.69, 9.17) is 4.42 Å². The number of hydrogen-bond acceptors (Lipinski definition) is 1. The summed E-state index contributed by atoms with van der Waals surface area (Å²) >= 11 is 0. The van der Waals surface area contributed by atoms with Crippen molar-refractivity contribution in [2.45, 2.75) is 33.6 Å². The molecule has 4 N–H and O–H groups in total. The number of furan rings is 1. The smallest absolute Gasteiger partial charge is 1.00 e. The minimum Gasteiger partial charge on any atom is -1.00 e. The Kier molecular flexibility index (Phi) is 27.6. The van der Waals surface area contributed by atoms with E-state index in [1.807, 2.05) is 6.07 Å². The second-order valence-electron chi connectivity index (χ2n) is 3.93. The summed E-state index contributed by atoms with van der Waals surface area (Å²) in [6.45, 7) is 8.71. The first kappa shape index (κ1) is 31.7.